The molecule has 0 spiro atoms. The number of hydrogen-bond donors (Lipinski definition) is 1. The Labute approximate surface area is 127 Å². The first-order chi connectivity index (χ1) is 10.3. The summed E-state index contributed by atoms with van der Waals surface area (Å²) in [6.07, 6.45) is -3.25. The van der Waals surface area contributed by atoms with Crippen molar-refractivity contribution in [3.63, 3.8) is 0 Å². The van der Waals surface area contributed by atoms with Crippen LogP contribution in [-0.4, -0.2) is 35.1 Å². The molecular formula is C16H20F3NO2. The topological polar surface area (TPSA) is 40.5 Å². The van der Waals surface area contributed by atoms with E-state index in [1.807, 2.05) is 0 Å². The highest BCUT2D eigenvalue weighted by atomic mass is 19.4. The lowest BCUT2D eigenvalue weighted by Gasteiger charge is -2.34. The Morgan fingerprint density at radius 1 is 1.45 bits per heavy atom. The normalized spacial score (nSPS) is 20.8. The molecule has 2 unspecified atom stereocenters. The van der Waals surface area contributed by atoms with Crippen molar-refractivity contribution >= 4 is 5.91 Å². The Morgan fingerprint density at radius 2 is 2.18 bits per heavy atom. The summed E-state index contributed by atoms with van der Waals surface area (Å²) >= 11 is 0. The summed E-state index contributed by atoms with van der Waals surface area (Å²) in [5.41, 5.74) is -0.378. The molecule has 0 saturated carbocycles. The summed E-state index contributed by atoms with van der Waals surface area (Å²) in [6.45, 7) is 2.77. The van der Waals surface area contributed by atoms with Crippen LogP contribution in [0.4, 0.5) is 13.2 Å². The van der Waals surface area contributed by atoms with Crippen molar-refractivity contribution < 1.29 is 23.1 Å². The first kappa shape index (κ1) is 16.8. The van der Waals surface area contributed by atoms with Crippen molar-refractivity contribution in [3.05, 3.63) is 35.4 Å². The predicted molar refractivity (Wildman–Crippen MR) is 76.1 cm³/mol. The first-order valence-corrected chi connectivity index (χ1v) is 7.39. The number of amides is 1. The highest BCUT2D eigenvalue weighted by molar-refractivity contribution is 5.79. The van der Waals surface area contributed by atoms with Gasteiger partial charge >= 0.3 is 6.18 Å². The van der Waals surface area contributed by atoms with Crippen molar-refractivity contribution in [2.75, 3.05) is 13.1 Å². The molecule has 0 aromatic heterocycles. The summed E-state index contributed by atoms with van der Waals surface area (Å²) in [4.78, 5) is 13.9. The van der Waals surface area contributed by atoms with Gasteiger partial charge in [-0.1, -0.05) is 18.2 Å². The van der Waals surface area contributed by atoms with Crippen LogP contribution in [0.2, 0.25) is 0 Å². The number of rotatable bonds is 3. The molecule has 1 aliphatic heterocycles. The molecule has 0 bridgehead atoms. The molecule has 1 amide bonds. The number of likely N-dealkylation sites (tertiary alicyclic amines) is 1. The van der Waals surface area contributed by atoms with Crippen LogP contribution in [0.15, 0.2) is 24.3 Å². The van der Waals surface area contributed by atoms with Crippen LogP contribution in [0, 0.1) is 5.92 Å². The summed E-state index contributed by atoms with van der Waals surface area (Å²) in [5, 5.41) is 9.63. The minimum atomic E-state index is -4.40. The average molecular weight is 315 g/mol. The van der Waals surface area contributed by atoms with Gasteiger partial charge in [-0.15, -0.1) is 0 Å². The Kier molecular flexibility index (Phi) is 5.11. The minimum absolute atomic E-state index is 0.0409. The number of piperidine rings is 1. The third-order valence-electron chi connectivity index (χ3n) is 4.10. The van der Waals surface area contributed by atoms with E-state index >= 15 is 0 Å². The molecule has 1 aromatic rings. The van der Waals surface area contributed by atoms with E-state index < -0.39 is 17.8 Å². The second-order valence-corrected chi connectivity index (χ2v) is 5.86. The number of aliphatic hydroxyl groups excluding tert-OH is 1. The SMILES string of the molecule is CC(O)C1CCCN(C(=O)Cc2cccc(C(F)(F)F)c2)C1. The highest BCUT2D eigenvalue weighted by Gasteiger charge is 2.31. The fraction of sp³-hybridized carbons (Fsp3) is 0.562. The molecule has 22 heavy (non-hydrogen) atoms. The number of halogens is 3. The summed E-state index contributed by atoms with van der Waals surface area (Å²) in [6, 6.07) is 4.87. The number of hydrogen-bond acceptors (Lipinski definition) is 2. The standard InChI is InChI=1S/C16H20F3NO2/c1-11(21)13-5-3-7-20(10-13)15(22)9-12-4-2-6-14(8-12)16(17,18)19/h2,4,6,8,11,13,21H,3,5,7,9-10H2,1H3. The highest BCUT2D eigenvalue weighted by Crippen LogP contribution is 2.29. The van der Waals surface area contributed by atoms with E-state index in [0.717, 1.165) is 25.0 Å². The molecule has 0 radical (unpaired) electrons. The zero-order valence-corrected chi connectivity index (χ0v) is 12.4. The molecule has 1 aliphatic rings. The lowest BCUT2D eigenvalue weighted by atomic mass is 9.93. The molecule has 122 valence electrons. The van der Waals surface area contributed by atoms with Gasteiger partial charge in [0, 0.05) is 19.0 Å². The molecule has 1 fully saturated rings. The Hall–Kier alpha value is -1.56. The summed E-state index contributed by atoms with van der Waals surface area (Å²) in [5.74, 6) is -0.149. The third-order valence-corrected chi connectivity index (χ3v) is 4.10. The minimum Gasteiger partial charge on any atom is -0.393 e. The molecule has 0 aliphatic carbocycles. The second kappa shape index (κ2) is 6.69. The number of nitrogens with zero attached hydrogens (tertiary/aromatic N) is 1. The zero-order chi connectivity index (χ0) is 16.3. The molecule has 1 N–H and O–H groups in total. The van der Waals surface area contributed by atoms with Gasteiger partial charge in [-0.25, -0.2) is 0 Å². The largest absolute Gasteiger partial charge is 0.416 e. The average Bonchev–Trinajstić information content (AvgIpc) is 2.46. The monoisotopic (exact) mass is 315 g/mol. The van der Waals surface area contributed by atoms with E-state index in [-0.39, 0.29) is 18.2 Å². The van der Waals surface area contributed by atoms with E-state index in [2.05, 4.69) is 0 Å². The smallest absolute Gasteiger partial charge is 0.393 e. The van der Waals surface area contributed by atoms with Gasteiger partial charge in [-0.05, 0) is 31.4 Å². The number of aliphatic hydroxyl groups is 1. The zero-order valence-electron chi connectivity index (χ0n) is 12.4. The van der Waals surface area contributed by atoms with Crippen LogP contribution in [0.3, 0.4) is 0 Å². The number of benzene rings is 1. The van der Waals surface area contributed by atoms with Crippen LogP contribution >= 0.6 is 0 Å². The maximum Gasteiger partial charge on any atom is 0.416 e. The predicted octanol–water partition coefficient (Wildman–Crippen LogP) is 2.87. The first-order valence-electron chi connectivity index (χ1n) is 7.39. The molecule has 2 rings (SSSR count). The van der Waals surface area contributed by atoms with Crippen LogP contribution < -0.4 is 0 Å². The Morgan fingerprint density at radius 3 is 2.82 bits per heavy atom. The van der Waals surface area contributed by atoms with Crippen molar-refractivity contribution in [2.45, 2.75) is 38.5 Å². The van der Waals surface area contributed by atoms with Gasteiger partial charge in [-0.3, -0.25) is 4.79 Å². The van der Waals surface area contributed by atoms with Gasteiger partial charge in [0.1, 0.15) is 0 Å². The van der Waals surface area contributed by atoms with E-state index in [1.54, 1.807) is 11.8 Å². The molecule has 3 nitrogen and oxygen atoms in total. The molecular weight excluding hydrogens is 295 g/mol. The third kappa shape index (κ3) is 4.22. The molecule has 6 heteroatoms. The van der Waals surface area contributed by atoms with E-state index in [9.17, 15) is 23.1 Å². The lowest BCUT2D eigenvalue weighted by molar-refractivity contribution is -0.138. The van der Waals surface area contributed by atoms with Gasteiger partial charge in [0.15, 0.2) is 0 Å². The van der Waals surface area contributed by atoms with Crippen LogP contribution in [-0.2, 0) is 17.4 Å². The lowest BCUT2D eigenvalue weighted by Crippen LogP contribution is -2.43. The van der Waals surface area contributed by atoms with Gasteiger partial charge < -0.3 is 10.0 Å². The molecule has 1 saturated heterocycles. The van der Waals surface area contributed by atoms with Crippen molar-refractivity contribution in [2.24, 2.45) is 5.92 Å². The molecule has 2 atom stereocenters. The van der Waals surface area contributed by atoms with E-state index in [1.165, 1.54) is 12.1 Å². The Balaban J connectivity index is 2.03. The van der Waals surface area contributed by atoms with Crippen LogP contribution in [0.25, 0.3) is 0 Å². The van der Waals surface area contributed by atoms with Crippen molar-refractivity contribution in [3.8, 4) is 0 Å². The van der Waals surface area contributed by atoms with Gasteiger partial charge in [0.2, 0.25) is 5.91 Å². The number of carbonyl (C=O) groups is 1. The maximum absolute atomic E-state index is 12.7. The van der Waals surface area contributed by atoms with E-state index in [0.29, 0.717) is 18.7 Å². The second-order valence-electron chi connectivity index (χ2n) is 5.86. The van der Waals surface area contributed by atoms with Crippen molar-refractivity contribution in [1.82, 2.24) is 4.90 Å². The molecule has 1 aromatic carbocycles. The fourth-order valence-corrected chi connectivity index (χ4v) is 2.77. The van der Waals surface area contributed by atoms with Gasteiger partial charge in [-0.2, -0.15) is 13.2 Å². The number of alkyl halides is 3. The number of carbonyl (C=O) groups excluding carboxylic acids is 1. The molecule has 1 heterocycles. The maximum atomic E-state index is 12.7. The summed E-state index contributed by atoms with van der Waals surface area (Å²) in [7, 11) is 0. The van der Waals surface area contributed by atoms with Gasteiger partial charge in [0.25, 0.3) is 0 Å². The fourth-order valence-electron chi connectivity index (χ4n) is 2.77. The van der Waals surface area contributed by atoms with Crippen molar-refractivity contribution in [1.29, 1.82) is 0 Å². The van der Waals surface area contributed by atoms with Crippen LogP contribution in [0.5, 0.6) is 0 Å². The van der Waals surface area contributed by atoms with E-state index in [4.69, 9.17) is 0 Å². The van der Waals surface area contributed by atoms with Gasteiger partial charge in [0.05, 0.1) is 18.1 Å². The Bertz CT molecular complexity index is 528. The quantitative estimate of drug-likeness (QED) is 0.932. The van der Waals surface area contributed by atoms with Crippen LogP contribution in [0.1, 0.15) is 30.9 Å². The summed E-state index contributed by atoms with van der Waals surface area (Å²) < 4.78 is 38.0.